The summed E-state index contributed by atoms with van der Waals surface area (Å²) in [6.07, 6.45) is 1.73. The van der Waals surface area contributed by atoms with Crippen molar-refractivity contribution < 1.29 is 14.6 Å². The van der Waals surface area contributed by atoms with Crippen LogP contribution in [-0.4, -0.2) is 55.1 Å². The quantitative estimate of drug-likeness (QED) is 0.809. The Labute approximate surface area is 153 Å². The van der Waals surface area contributed by atoms with Gasteiger partial charge in [-0.15, -0.1) is 0 Å². The Hall–Kier alpha value is -3.02. The minimum atomic E-state index is -0.996. The molecule has 0 atom stereocenters. The Kier molecular flexibility index (Phi) is 5.73. The Morgan fingerprint density at radius 1 is 1.12 bits per heavy atom. The first-order valence-corrected chi connectivity index (χ1v) is 8.66. The van der Waals surface area contributed by atoms with E-state index in [4.69, 9.17) is 9.84 Å². The molecule has 3 rings (SSSR count). The molecule has 26 heavy (non-hydrogen) atoms. The number of anilines is 1. The molecule has 1 fully saturated rings. The van der Waals surface area contributed by atoms with Gasteiger partial charge in [0.2, 0.25) is 0 Å². The first-order valence-electron chi connectivity index (χ1n) is 8.66. The number of piperazine rings is 1. The molecule has 1 heterocycles. The highest BCUT2D eigenvalue weighted by Gasteiger charge is 2.15. The average Bonchev–Trinajstić information content (AvgIpc) is 2.66. The van der Waals surface area contributed by atoms with E-state index < -0.39 is 5.97 Å². The number of para-hydroxylation sites is 1. The van der Waals surface area contributed by atoms with Crippen LogP contribution in [0.3, 0.4) is 0 Å². The van der Waals surface area contributed by atoms with Gasteiger partial charge in [0.05, 0.1) is 19.3 Å². The van der Waals surface area contributed by atoms with E-state index in [1.807, 2.05) is 23.2 Å². The molecule has 1 saturated heterocycles. The molecule has 0 aromatic heterocycles. The van der Waals surface area contributed by atoms with Crippen LogP contribution in [-0.2, 0) is 4.79 Å². The van der Waals surface area contributed by atoms with Crippen molar-refractivity contribution in [1.82, 2.24) is 5.01 Å². The van der Waals surface area contributed by atoms with Gasteiger partial charge in [0.25, 0.3) is 0 Å². The van der Waals surface area contributed by atoms with Crippen molar-refractivity contribution in [2.24, 2.45) is 5.10 Å². The van der Waals surface area contributed by atoms with Gasteiger partial charge in [-0.25, -0.2) is 4.79 Å². The number of carboxylic acids is 1. The number of hydrazone groups is 1. The van der Waals surface area contributed by atoms with Crippen molar-refractivity contribution in [3.05, 3.63) is 59.7 Å². The van der Waals surface area contributed by atoms with Gasteiger partial charge in [0.1, 0.15) is 5.75 Å². The van der Waals surface area contributed by atoms with E-state index in [0.717, 1.165) is 31.7 Å². The molecule has 0 spiro atoms. The molecule has 2 aromatic rings. The molecule has 2 aromatic carbocycles. The number of rotatable bonds is 6. The third kappa shape index (κ3) is 4.75. The zero-order chi connectivity index (χ0) is 18.4. The number of carbonyl (C=O) groups is 1. The fraction of sp³-hybridized carbons (Fsp3) is 0.300. The Bertz CT molecular complexity index is 766. The number of aliphatic carboxylic acids is 1. The van der Waals surface area contributed by atoms with Crippen LogP contribution in [0, 0.1) is 6.92 Å². The first kappa shape index (κ1) is 17.8. The number of aryl methyl sites for hydroxylation is 1. The highest BCUT2D eigenvalue weighted by atomic mass is 16.5. The maximum atomic E-state index is 10.7. The van der Waals surface area contributed by atoms with Crippen molar-refractivity contribution >= 4 is 17.9 Å². The molecule has 136 valence electrons. The maximum absolute atomic E-state index is 10.7. The number of nitrogens with zero attached hydrogens (tertiary/aromatic N) is 3. The van der Waals surface area contributed by atoms with Crippen LogP contribution in [0.2, 0.25) is 0 Å². The van der Waals surface area contributed by atoms with Gasteiger partial charge >= 0.3 is 5.97 Å². The topological polar surface area (TPSA) is 65.4 Å². The minimum absolute atomic E-state index is 0.361. The lowest BCUT2D eigenvalue weighted by Gasteiger charge is -2.34. The summed E-state index contributed by atoms with van der Waals surface area (Å²) in [5.74, 6) is -0.471. The maximum Gasteiger partial charge on any atom is 0.341 e. The van der Waals surface area contributed by atoms with Gasteiger partial charge in [0.15, 0.2) is 6.61 Å². The number of hydrogen-bond donors (Lipinski definition) is 1. The highest BCUT2D eigenvalue weighted by Crippen LogP contribution is 2.18. The predicted molar refractivity (Wildman–Crippen MR) is 102 cm³/mol. The lowest BCUT2D eigenvalue weighted by molar-refractivity contribution is -0.139. The standard InChI is InChI=1S/C20H23N3O3/c1-16-6-8-18(9-7-16)22-10-12-23(13-11-22)21-14-17-4-2-3-5-19(17)26-15-20(24)25/h2-9,14H,10-13,15H2,1H3,(H,24,25)/b21-14-. The van der Waals surface area contributed by atoms with Crippen LogP contribution in [0.25, 0.3) is 0 Å². The first-order chi connectivity index (χ1) is 12.6. The summed E-state index contributed by atoms with van der Waals surface area (Å²) < 4.78 is 5.31. The zero-order valence-corrected chi connectivity index (χ0v) is 14.8. The van der Waals surface area contributed by atoms with Crippen molar-refractivity contribution in [2.75, 3.05) is 37.7 Å². The molecule has 1 aliphatic heterocycles. The summed E-state index contributed by atoms with van der Waals surface area (Å²) in [6, 6.07) is 15.9. The third-order valence-corrected chi connectivity index (χ3v) is 4.29. The lowest BCUT2D eigenvalue weighted by Crippen LogP contribution is -2.44. The molecule has 6 heteroatoms. The van der Waals surface area contributed by atoms with E-state index in [1.54, 1.807) is 12.3 Å². The van der Waals surface area contributed by atoms with Gasteiger partial charge < -0.3 is 14.7 Å². The van der Waals surface area contributed by atoms with Crippen LogP contribution in [0.5, 0.6) is 5.75 Å². The Balaban J connectivity index is 1.57. The smallest absolute Gasteiger partial charge is 0.341 e. The van der Waals surface area contributed by atoms with Crippen molar-refractivity contribution in [1.29, 1.82) is 0 Å². The van der Waals surface area contributed by atoms with Crippen LogP contribution in [0.4, 0.5) is 5.69 Å². The number of hydrogen-bond acceptors (Lipinski definition) is 5. The summed E-state index contributed by atoms with van der Waals surface area (Å²) >= 11 is 0. The highest BCUT2D eigenvalue weighted by molar-refractivity contribution is 5.83. The molecule has 0 aliphatic carbocycles. The predicted octanol–water partition coefficient (Wildman–Crippen LogP) is 2.61. The molecule has 0 radical (unpaired) electrons. The van der Waals surface area contributed by atoms with Crippen molar-refractivity contribution in [2.45, 2.75) is 6.92 Å². The van der Waals surface area contributed by atoms with Gasteiger partial charge in [-0.2, -0.15) is 5.10 Å². The second kappa shape index (κ2) is 8.38. The van der Waals surface area contributed by atoms with Crippen LogP contribution >= 0.6 is 0 Å². The average molecular weight is 353 g/mol. The van der Waals surface area contributed by atoms with Gasteiger partial charge in [-0.05, 0) is 31.2 Å². The van der Waals surface area contributed by atoms with Gasteiger partial charge in [0, 0.05) is 24.3 Å². The molecule has 0 saturated carbocycles. The minimum Gasteiger partial charge on any atom is -0.481 e. The molecule has 0 unspecified atom stereocenters. The van der Waals surface area contributed by atoms with Gasteiger partial charge in [-0.3, -0.25) is 5.01 Å². The summed E-state index contributed by atoms with van der Waals surface area (Å²) in [7, 11) is 0. The summed E-state index contributed by atoms with van der Waals surface area (Å²) in [4.78, 5) is 13.0. The molecule has 0 amide bonds. The molecular weight excluding hydrogens is 330 g/mol. The summed E-state index contributed by atoms with van der Waals surface area (Å²) in [6.45, 7) is 5.23. The van der Waals surface area contributed by atoms with Gasteiger partial charge in [-0.1, -0.05) is 29.8 Å². The summed E-state index contributed by atoms with van der Waals surface area (Å²) in [5, 5.41) is 15.3. The molecular formula is C20H23N3O3. The van der Waals surface area contributed by atoms with E-state index >= 15 is 0 Å². The molecule has 1 aliphatic rings. The molecule has 6 nitrogen and oxygen atoms in total. The Morgan fingerprint density at radius 3 is 2.50 bits per heavy atom. The molecule has 1 N–H and O–H groups in total. The molecule has 0 bridgehead atoms. The zero-order valence-electron chi connectivity index (χ0n) is 14.8. The van der Waals surface area contributed by atoms with E-state index in [2.05, 4.69) is 41.2 Å². The van der Waals surface area contributed by atoms with Crippen molar-refractivity contribution in [3.63, 3.8) is 0 Å². The second-order valence-electron chi connectivity index (χ2n) is 6.24. The normalized spacial score (nSPS) is 14.7. The van der Waals surface area contributed by atoms with E-state index in [-0.39, 0.29) is 6.61 Å². The summed E-state index contributed by atoms with van der Waals surface area (Å²) in [5.41, 5.74) is 3.28. The number of benzene rings is 2. The van der Waals surface area contributed by atoms with E-state index in [9.17, 15) is 4.79 Å². The van der Waals surface area contributed by atoms with Crippen LogP contribution in [0.15, 0.2) is 53.6 Å². The largest absolute Gasteiger partial charge is 0.481 e. The fourth-order valence-electron chi connectivity index (χ4n) is 2.83. The van der Waals surface area contributed by atoms with E-state index in [1.165, 1.54) is 11.3 Å². The van der Waals surface area contributed by atoms with Crippen molar-refractivity contribution in [3.8, 4) is 5.75 Å². The number of carboxylic acid groups (broad SMARTS) is 1. The second-order valence-corrected chi connectivity index (χ2v) is 6.24. The Morgan fingerprint density at radius 2 is 1.81 bits per heavy atom. The van der Waals surface area contributed by atoms with Crippen LogP contribution < -0.4 is 9.64 Å². The monoisotopic (exact) mass is 353 g/mol. The SMILES string of the molecule is Cc1ccc(N2CCN(/N=C\c3ccccc3OCC(=O)O)CC2)cc1. The number of ether oxygens (including phenoxy) is 1. The van der Waals surface area contributed by atoms with E-state index in [0.29, 0.717) is 5.75 Å². The van der Waals surface area contributed by atoms with Crippen LogP contribution in [0.1, 0.15) is 11.1 Å². The lowest BCUT2D eigenvalue weighted by atomic mass is 10.2. The fourth-order valence-corrected chi connectivity index (χ4v) is 2.83. The third-order valence-electron chi connectivity index (χ3n) is 4.29.